The highest BCUT2D eigenvalue weighted by atomic mass is 16.6. The van der Waals surface area contributed by atoms with Crippen molar-refractivity contribution in [2.24, 2.45) is 11.0 Å². The second kappa shape index (κ2) is 3.51. The van der Waals surface area contributed by atoms with Crippen LogP contribution in [0.3, 0.4) is 0 Å². The molecule has 5 nitrogen and oxygen atoms in total. The molecule has 1 aliphatic heterocycles. The average molecular weight is 189 g/mol. The Morgan fingerprint density at radius 3 is 3.21 bits per heavy atom. The van der Waals surface area contributed by atoms with E-state index in [2.05, 4.69) is 10.6 Å². The van der Waals surface area contributed by atoms with Gasteiger partial charge in [-0.05, 0) is 17.1 Å². The Kier molecular flexibility index (Phi) is 2.20. The van der Waals surface area contributed by atoms with E-state index in [9.17, 15) is 4.79 Å². The predicted octanol–water partition coefficient (Wildman–Crippen LogP) is -1.37. The molecule has 0 aromatic heterocycles. The molecule has 0 saturated carbocycles. The van der Waals surface area contributed by atoms with Gasteiger partial charge in [0.2, 0.25) is 0 Å². The Morgan fingerprint density at radius 2 is 2.43 bits per heavy atom. The lowest BCUT2D eigenvalue weighted by Gasteiger charge is -2.09. The highest BCUT2D eigenvalue weighted by molar-refractivity contribution is 6.50. The molecule has 1 aromatic carbocycles. The van der Waals surface area contributed by atoms with Gasteiger partial charge in [-0.3, -0.25) is 10.2 Å². The van der Waals surface area contributed by atoms with Gasteiger partial charge in [0.25, 0.3) is 5.91 Å². The number of carbonyl (C=O) groups is 1. The van der Waals surface area contributed by atoms with Gasteiger partial charge in [0.1, 0.15) is 0 Å². The molecular formula is C8H8BN3O2. The third-order valence-electron chi connectivity index (χ3n) is 2.02. The number of hydrogen-bond acceptors (Lipinski definition) is 4. The molecule has 1 heterocycles. The normalized spacial score (nSPS) is 12.4. The molecule has 0 fully saturated rings. The number of carbonyl (C=O) groups excluding carboxylic acids is 1. The number of amides is 1. The van der Waals surface area contributed by atoms with Crippen molar-refractivity contribution in [3.8, 4) is 0 Å². The fourth-order valence-corrected chi connectivity index (χ4v) is 1.28. The van der Waals surface area contributed by atoms with Gasteiger partial charge < -0.3 is 4.76 Å². The third-order valence-corrected chi connectivity index (χ3v) is 2.02. The molecule has 1 amide bonds. The topological polar surface area (TPSA) is 76.7 Å². The first-order chi connectivity index (χ1) is 6.81. The molecule has 0 aliphatic carbocycles. The fourth-order valence-electron chi connectivity index (χ4n) is 1.28. The molecule has 2 rings (SSSR count). The lowest BCUT2D eigenvalue weighted by molar-refractivity contribution is 0.0953. The molecule has 1 aromatic rings. The average Bonchev–Trinajstić information content (AvgIpc) is 2.27. The molecule has 0 unspecified atom stereocenters. The molecule has 0 bridgehead atoms. The van der Waals surface area contributed by atoms with Crippen LogP contribution in [0.25, 0.3) is 0 Å². The molecular weight excluding hydrogens is 181 g/mol. The van der Waals surface area contributed by atoms with E-state index in [1.54, 1.807) is 18.3 Å². The number of hydrazine groups is 1. The molecule has 0 saturated heterocycles. The zero-order chi connectivity index (χ0) is 9.97. The van der Waals surface area contributed by atoms with Crippen molar-refractivity contribution in [2.75, 3.05) is 0 Å². The zero-order valence-electron chi connectivity index (χ0n) is 7.36. The van der Waals surface area contributed by atoms with Gasteiger partial charge in [0.05, 0.1) is 6.21 Å². The molecule has 1 aliphatic rings. The van der Waals surface area contributed by atoms with Crippen molar-refractivity contribution >= 4 is 25.1 Å². The number of nitrogen functional groups attached to an aromatic ring is 1. The Hall–Kier alpha value is -1.82. The number of rotatable bonds is 1. The van der Waals surface area contributed by atoms with Crippen LogP contribution in [0.2, 0.25) is 0 Å². The van der Waals surface area contributed by atoms with Crippen LogP contribution in [-0.2, 0) is 4.76 Å². The molecule has 3 N–H and O–H groups in total. The van der Waals surface area contributed by atoms with Crippen LogP contribution in [0.15, 0.2) is 23.4 Å². The number of fused-ring (bicyclic) bond motifs is 1. The largest absolute Gasteiger partial charge is 0.468 e. The molecule has 6 heteroatoms. The highest BCUT2D eigenvalue weighted by Gasteiger charge is 2.12. The first-order valence-corrected chi connectivity index (χ1v) is 4.10. The van der Waals surface area contributed by atoms with Gasteiger partial charge in [-0.2, -0.15) is 0 Å². The van der Waals surface area contributed by atoms with E-state index in [1.165, 1.54) is 0 Å². The summed E-state index contributed by atoms with van der Waals surface area (Å²) < 4.78 is 4.87. The summed E-state index contributed by atoms with van der Waals surface area (Å²) in [5.41, 5.74) is 4.49. The van der Waals surface area contributed by atoms with E-state index in [0.29, 0.717) is 13.0 Å². The Bertz CT molecular complexity index is 406. The van der Waals surface area contributed by atoms with Crippen molar-refractivity contribution in [3.63, 3.8) is 0 Å². The van der Waals surface area contributed by atoms with Crippen LogP contribution < -0.4 is 16.7 Å². The van der Waals surface area contributed by atoms with Crippen LogP contribution in [0.5, 0.6) is 0 Å². The maximum Gasteiger partial charge on any atom is 0.411 e. The van der Waals surface area contributed by atoms with Crippen LogP contribution >= 0.6 is 0 Å². The standard InChI is InChI=1S/C8H8BN3O2/c10-12-8(13)5-1-2-6-4-11-14-9-7(6)3-5/h1-4,9H,10H2,(H,12,13). The van der Waals surface area contributed by atoms with E-state index in [4.69, 9.17) is 10.6 Å². The van der Waals surface area contributed by atoms with E-state index in [1.807, 2.05) is 6.07 Å². The van der Waals surface area contributed by atoms with Gasteiger partial charge >= 0.3 is 7.48 Å². The number of nitrogens with one attached hydrogen (secondary N) is 1. The Balaban J connectivity index is 2.39. The summed E-state index contributed by atoms with van der Waals surface area (Å²) in [5, 5.41) is 3.66. The summed E-state index contributed by atoms with van der Waals surface area (Å²) in [7, 11) is 0.386. The zero-order valence-corrected chi connectivity index (χ0v) is 7.36. The summed E-state index contributed by atoms with van der Waals surface area (Å²) >= 11 is 0. The Labute approximate surface area is 81.2 Å². The van der Waals surface area contributed by atoms with Gasteiger partial charge in [0, 0.05) is 5.56 Å². The van der Waals surface area contributed by atoms with Crippen molar-refractivity contribution < 1.29 is 9.55 Å². The first-order valence-electron chi connectivity index (χ1n) is 4.10. The summed E-state index contributed by atoms with van der Waals surface area (Å²) in [6.07, 6.45) is 1.61. The van der Waals surface area contributed by atoms with Gasteiger partial charge in [0.15, 0.2) is 0 Å². The molecule has 0 spiro atoms. The van der Waals surface area contributed by atoms with Gasteiger partial charge in [-0.15, -0.1) is 5.16 Å². The smallest absolute Gasteiger partial charge is 0.411 e. The summed E-state index contributed by atoms with van der Waals surface area (Å²) in [4.78, 5) is 11.2. The van der Waals surface area contributed by atoms with Crippen LogP contribution in [0, 0.1) is 0 Å². The van der Waals surface area contributed by atoms with E-state index in [-0.39, 0.29) is 5.91 Å². The monoisotopic (exact) mass is 189 g/mol. The van der Waals surface area contributed by atoms with E-state index < -0.39 is 0 Å². The molecule has 70 valence electrons. The van der Waals surface area contributed by atoms with Gasteiger partial charge in [-0.1, -0.05) is 12.1 Å². The maximum absolute atomic E-state index is 11.2. The third kappa shape index (κ3) is 1.47. The van der Waals surface area contributed by atoms with Crippen LogP contribution in [-0.4, -0.2) is 19.6 Å². The number of oxime groups is 1. The molecule has 0 atom stereocenters. The van der Waals surface area contributed by atoms with Crippen LogP contribution in [0.4, 0.5) is 0 Å². The summed E-state index contributed by atoms with van der Waals surface area (Å²) in [5.74, 6) is 4.71. The number of benzene rings is 1. The van der Waals surface area contributed by atoms with E-state index in [0.717, 1.165) is 11.0 Å². The maximum atomic E-state index is 11.2. The van der Waals surface area contributed by atoms with Crippen molar-refractivity contribution in [3.05, 3.63) is 29.3 Å². The lowest BCUT2D eigenvalue weighted by Crippen LogP contribution is -2.32. The molecule has 14 heavy (non-hydrogen) atoms. The number of nitrogens with zero attached hydrogens (tertiary/aromatic N) is 1. The fraction of sp³-hybridized carbons (Fsp3) is 0. The van der Waals surface area contributed by atoms with Crippen molar-refractivity contribution in [1.29, 1.82) is 0 Å². The second-order valence-electron chi connectivity index (χ2n) is 2.90. The summed E-state index contributed by atoms with van der Waals surface area (Å²) in [6.45, 7) is 0. The quantitative estimate of drug-likeness (QED) is 0.247. The second-order valence-corrected chi connectivity index (χ2v) is 2.90. The minimum atomic E-state index is -0.310. The van der Waals surface area contributed by atoms with Crippen molar-refractivity contribution in [2.45, 2.75) is 0 Å². The number of hydrogen-bond donors (Lipinski definition) is 2. The van der Waals surface area contributed by atoms with Gasteiger partial charge in [-0.25, -0.2) is 5.84 Å². The molecule has 0 radical (unpaired) electrons. The summed E-state index contributed by atoms with van der Waals surface area (Å²) in [6, 6.07) is 5.24. The van der Waals surface area contributed by atoms with Crippen LogP contribution in [0.1, 0.15) is 15.9 Å². The SMILES string of the molecule is NNC(=O)c1ccc2c(c1)BON=C2. The highest BCUT2D eigenvalue weighted by Crippen LogP contribution is 2.02. The number of nitrogens with two attached hydrogens (primary N) is 1. The minimum absolute atomic E-state index is 0.310. The minimum Gasteiger partial charge on any atom is -0.468 e. The first kappa shape index (κ1) is 8.77. The van der Waals surface area contributed by atoms with Crippen molar-refractivity contribution in [1.82, 2.24) is 5.43 Å². The Morgan fingerprint density at radius 1 is 1.57 bits per heavy atom. The predicted molar refractivity (Wildman–Crippen MR) is 53.6 cm³/mol. The van der Waals surface area contributed by atoms with E-state index >= 15 is 0 Å². The lowest BCUT2D eigenvalue weighted by atomic mass is 9.82.